The second-order valence-electron chi connectivity index (χ2n) is 28.9. The molecule has 3 heterocycles. The molecule has 586 valence electrons. The Labute approximate surface area is 600 Å². The summed E-state index contributed by atoms with van der Waals surface area (Å²) in [6.45, 7) is 2.18. The van der Waals surface area contributed by atoms with E-state index in [-0.39, 0.29) is 12.3 Å². The molecule has 0 aromatic rings. The van der Waals surface area contributed by atoms with Crippen molar-refractivity contribution in [3.8, 4) is 0 Å². The van der Waals surface area contributed by atoms with E-state index in [0.717, 1.165) is 77.6 Å². The summed E-state index contributed by atoms with van der Waals surface area (Å²) in [5.41, 5.74) is 0. The van der Waals surface area contributed by atoms with E-state index in [1.165, 1.54) is 193 Å². The maximum Gasteiger partial charge on any atom is 0.364 e. The molecule has 3 fully saturated rings. The van der Waals surface area contributed by atoms with Gasteiger partial charge >= 0.3 is 5.97 Å². The first-order chi connectivity index (χ1) is 48.4. The van der Waals surface area contributed by atoms with Gasteiger partial charge in [-0.2, -0.15) is 0 Å². The molecular formula is C77H142N2O21. The van der Waals surface area contributed by atoms with Gasteiger partial charge < -0.3 is 100 Å². The molecule has 0 spiro atoms. The largest absolute Gasteiger partial charge is 0.477 e. The Morgan fingerprint density at radius 3 is 1.36 bits per heavy atom. The Hall–Kier alpha value is -2.79. The first kappa shape index (κ1) is 91.4. The predicted molar refractivity (Wildman–Crippen MR) is 385 cm³/mol. The van der Waals surface area contributed by atoms with Gasteiger partial charge in [0.25, 0.3) is 5.79 Å². The molecule has 0 aromatic heterocycles. The highest BCUT2D eigenvalue weighted by atomic mass is 16.8. The van der Waals surface area contributed by atoms with Crippen LogP contribution in [0.2, 0.25) is 0 Å². The van der Waals surface area contributed by atoms with E-state index < -0.39 is 155 Å². The first-order valence-electron chi connectivity index (χ1n) is 39.7. The number of allylic oxidation sites excluding steroid dienone is 3. The molecule has 3 saturated heterocycles. The van der Waals surface area contributed by atoms with Gasteiger partial charge in [0.05, 0.1) is 50.7 Å². The third-order valence-corrected chi connectivity index (χ3v) is 20.1. The van der Waals surface area contributed by atoms with E-state index in [0.29, 0.717) is 12.8 Å². The molecule has 100 heavy (non-hydrogen) atoms. The quantitative estimate of drug-likeness (QED) is 0.0199. The average Bonchev–Trinajstić information content (AvgIpc) is 0.757. The second-order valence-corrected chi connectivity index (χ2v) is 28.9. The van der Waals surface area contributed by atoms with Crippen LogP contribution in [0.3, 0.4) is 0 Å². The molecule has 0 aromatic carbocycles. The van der Waals surface area contributed by atoms with Crippen molar-refractivity contribution in [2.45, 2.75) is 420 Å². The van der Waals surface area contributed by atoms with Crippen LogP contribution in [0.15, 0.2) is 24.3 Å². The summed E-state index contributed by atoms with van der Waals surface area (Å²) in [7, 11) is 0. The van der Waals surface area contributed by atoms with Crippen LogP contribution in [0.1, 0.15) is 310 Å². The molecular weight excluding hydrogens is 1290 g/mol. The van der Waals surface area contributed by atoms with Gasteiger partial charge in [0.1, 0.15) is 67.1 Å². The standard InChI is InChI=1S/C77H142N2O21/c1-4-6-8-10-12-14-16-18-20-22-24-26-28-29-30-32-34-36-38-40-42-44-46-48-50-59(84)58(79-64(87)51-49-47-45-43-41-39-37-35-33-31-27-25-23-21-19-17-15-13-11-9-7-5-2)56-95-74-69(91)68(90)71(63(55-82)97-74)98-75-70(92)73(67(89)62(54-81)96-75)100-77(76(93)94)52-60(85)65(78-57(3)83)72(99-77)66(88)61(86)53-80/h31,33,48,50,58-63,65-75,80-82,84-86,88-92H,4-30,32,34-47,49,51-56H2,1-3H3,(H,78,83)(H,79,87)(H,93,94)/b33-31-,50-48+. The number of carboxylic acids is 1. The van der Waals surface area contributed by atoms with E-state index in [1.807, 2.05) is 6.08 Å². The monoisotopic (exact) mass is 1430 g/mol. The number of aliphatic hydroxyl groups is 11. The van der Waals surface area contributed by atoms with E-state index in [4.69, 9.17) is 28.4 Å². The molecule has 18 atom stereocenters. The van der Waals surface area contributed by atoms with E-state index in [2.05, 4.69) is 36.6 Å². The van der Waals surface area contributed by atoms with E-state index >= 15 is 0 Å². The first-order valence-corrected chi connectivity index (χ1v) is 39.7. The zero-order valence-electron chi connectivity index (χ0n) is 61.8. The summed E-state index contributed by atoms with van der Waals surface area (Å²) in [5.74, 6) is -6.14. The van der Waals surface area contributed by atoms with Gasteiger partial charge in [-0.25, -0.2) is 4.79 Å². The summed E-state index contributed by atoms with van der Waals surface area (Å²) < 4.78 is 34.9. The maximum atomic E-state index is 13.5. The Balaban J connectivity index is 1.54. The van der Waals surface area contributed by atoms with Gasteiger partial charge in [-0.05, 0) is 44.9 Å². The van der Waals surface area contributed by atoms with Crippen molar-refractivity contribution in [2.24, 2.45) is 0 Å². The van der Waals surface area contributed by atoms with Crippen LogP contribution in [0.25, 0.3) is 0 Å². The van der Waals surface area contributed by atoms with Gasteiger partial charge in [0, 0.05) is 19.8 Å². The lowest BCUT2D eigenvalue weighted by Gasteiger charge is -2.50. The number of aliphatic hydroxyl groups excluding tert-OH is 11. The van der Waals surface area contributed by atoms with Crippen molar-refractivity contribution < 1.29 is 104 Å². The average molecular weight is 1430 g/mol. The minimum absolute atomic E-state index is 0.197. The fraction of sp³-hybridized carbons (Fsp3) is 0.909. The Kier molecular flexibility index (Phi) is 51.7. The number of amides is 2. The molecule has 0 bridgehead atoms. The molecule has 18 unspecified atom stereocenters. The molecule has 2 amide bonds. The number of hydrogen-bond donors (Lipinski definition) is 14. The molecule has 14 N–H and O–H groups in total. The molecule has 23 heteroatoms. The smallest absolute Gasteiger partial charge is 0.364 e. The molecule has 0 saturated carbocycles. The number of rotatable bonds is 62. The summed E-state index contributed by atoms with van der Waals surface area (Å²) in [6.07, 6.45) is 32.1. The third kappa shape index (κ3) is 37.0. The van der Waals surface area contributed by atoms with Crippen molar-refractivity contribution in [1.82, 2.24) is 10.6 Å². The normalized spacial score (nSPS) is 27.0. The molecule has 3 aliphatic heterocycles. The minimum atomic E-state index is -3.08. The zero-order valence-corrected chi connectivity index (χ0v) is 61.8. The molecule has 3 rings (SSSR count). The van der Waals surface area contributed by atoms with Gasteiger partial charge in [-0.1, -0.05) is 269 Å². The molecule has 0 radical (unpaired) electrons. The highest BCUT2D eigenvalue weighted by Crippen LogP contribution is 2.39. The van der Waals surface area contributed by atoms with Crippen molar-refractivity contribution in [3.05, 3.63) is 24.3 Å². The van der Waals surface area contributed by atoms with Gasteiger partial charge in [-0.15, -0.1) is 0 Å². The summed E-state index contributed by atoms with van der Waals surface area (Å²) >= 11 is 0. The zero-order chi connectivity index (χ0) is 73.2. The fourth-order valence-electron chi connectivity index (χ4n) is 13.8. The van der Waals surface area contributed by atoms with Crippen LogP contribution in [-0.2, 0) is 42.8 Å². The van der Waals surface area contributed by atoms with Crippen LogP contribution in [-0.4, -0.2) is 215 Å². The Bertz CT molecular complexity index is 2100. The number of hydrogen-bond acceptors (Lipinski definition) is 20. The van der Waals surface area contributed by atoms with Crippen LogP contribution >= 0.6 is 0 Å². The molecule has 23 nitrogen and oxygen atoms in total. The van der Waals surface area contributed by atoms with Crippen LogP contribution in [0.4, 0.5) is 0 Å². The Morgan fingerprint density at radius 1 is 0.520 bits per heavy atom. The SMILES string of the molecule is CCCCCCCCCCCCC/C=C\CCCCCCCCCC(=O)NC(COC1OC(CO)C(OC2OC(CO)C(O)C(OC3(C(=O)O)CC(O)C(NC(C)=O)C(C(O)C(O)CO)O3)C2O)C(O)C1O)C(O)/C=C/CCCCCCCCCCCCCCCCCCCCCCCC. The lowest BCUT2D eigenvalue weighted by Crippen LogP contribution is -2.70. The van der Waals surface area contributed by atoms with Crippen molar-refractivity contribution in [3.63, 3.8) is 0 Å². The van der Waals surface area contributed by atoms with Gasteiger partial charge in [0.15, 0.2) is 12.6 Å². The van der Waals surface area contributed by atoms with E-state index in [1.54, 1.807) is 6.08 Å². The number of unbranched alkanes of at least 4 members (excludes halogenated alkanes) is 40. The maximum absolute atomic E-state index is 13.5. The summed E-state index contributed by atoms with van der Waals surface area (Å²) in [6, 6.07) is -2.62. The highest BCUT2D eigenvalue weighted by Gasteiger charge is 2.60. The van der Waals surface area contributed by atoms with Crippen molar-refractivity contribution >= 4 is 17.8 Å². The lowest BCUT2D eigenvalue weighted by atomic mass is 9.88. The number of ether oxygens (including phenoxy) is 6. The number of carbonyl (C=O) groups excluding carboxylic acids is 2. The number of carbonyl (C=O) groups is 3. The number of carboxylic acid groups (broad SMARTS) is 1. The number of aliphatic carboxylic acids is 1. The predicted octanol–water partition coefficient (Wildman–Crippen LogP) is 9.96. The second kappa shape index (κ2) is 56.5. The van der Waals surface area contributed by atoms with Crippen molar-refractivity contribution in [2.75, 3.05) is 26.4 Å². The summed E-state index contributed by atoms with van der Waals surface area (Å²) in [5, 5.41) is 136. The lowest BCUT2D eigenvalue weighted by molar-refractivity contribution is -0.386. The van der Waals surface area contributed by atoms with Gasteiger partial charge in [0.2, 0.25) is 11.8 Å². The molecule has 0 aliphatic carbocycles. The third-order valence-electron chi connectivity index (χ3n) is 20.1. The fourth-order valence-corrected chi connectivity index (χ4v) is 13.8. The highest BCUT2D eigenvalue weighted by molar-refractivity contribution is 5.77. The van der Waals surface area contributed by atoms with Crippen LogP contribution in [0, 0.1) is 0 Å². The number of nitrogens with one attached hydrogen (secondary N) is 2. The Morgan fingerprint density at radius 2 is 0.940 bits per heavy atom. The van der Waals surface area contributed by atoms with Crippen LogP contribution in [0.5, 0.6) is 0 Å². The van der Waals surface area contributed by atoms with Crippen molar-refractivity contribution in [1.29, 1.82) is 0 Å². The van der Waals surface area contributed by atoms with E-state index in [9.17, 15) is 75.7 Å². The summed E-state index contributed by atoms with van der Waals surface area (Å²) in [4.78, 5) is 38.7. The minimum Gasteiger partial charge on any atom is -0.477 e. The molecule has 3 aliphatic rings. The topological polar surface area (TPSA) is 373 Å². The van der Waals surface area contributed by atoms with Crippen LogP contribution < -0.4 is 10.6 Å². The van der Waals surface area contributed by atoms with Gasteiger partial charge in [-0.3, -0.25) is 9.59 Å².